The Morgan fingerprint density at radius 2 is 2.00 bits per heavy atom. The maximum absolute atomic E-state index is 12.0. The van der Waals surface area contributed by atoms with Crippen LogP contribution in [-0.4, -0.2) is 35.2 Å². The molecule has 0 unspecified atom stereocenters. The first-order valence-corrected chi connectivity index (χ1v) is 10.9. The first-order valence-electron chi connectivity index (χ1n) is 10.9. The van der Waals surface area contributed by atoms with Crippen LogP contribution in [0, 0.1) is 11.3 Å². The second-order valence-corrected chi connectivity index (χ2v) is 9.95. The number of hydrogen-bond acceptors (Lipinski definition) is 5. The van der Waals surface area contributed by atoms with Gasteiger partial charge < -0.3 is 19.3 Å². The molecule has 0 radical (unpaired) electrons. The number of esters is 1. The van der Waals surface area contributed by atoms with Crippen molar-refractivity contribution in [2.24, 2.45) is 11.3 Å². The van der Waals surface area contributed by atoms with Gasteiger partial charge in [-0.2, -0.15) is 0 Å². The van der Waals surface area contributed by atoms with Crippen LogP contribution in [0.4, 0.5) is 0 Å². The van der Waals surface area contributed by atoms with Crippen LogP contribution in [0.25, 0.3) is 0 Å². The van der Waals surface area contributed by atoms with Crippen LogP contribution in [0.3, 0.4) is 0 Å². The second kappa shape index (κ2) is 8.45. The molecule has 2 aliphatic heterocycles. The zero-order chi connectivity index (χ0) is 22.2. The third-order valence-corrected chi connectivity index (χ3v) is 6.53. The number of carbonyl (C=O) groups excluding carboxylic acids is 1. The van der Waals surface area contributed by atoms with Crippen LogP contribution in [0.15, 0.2) is 47.3 Å². The van der Waals surface area contributed by atoms with Crippen molar-refractivity contribution < 1.29 is 24.1 Å². The van der Waals surface area contributed by atoms with E-state index in [1.807, 2.05) is 19.9 Å². The largest absolute Gasteiger partial charge is 0.432 e. The number of hydrogen-bond donors (Lipinski definition) is 1. The molecular weight excluding hydrogens is 380 g/mol. The van der Waals surface area contributed by atoms with Crippen molar-refractivity contribution >= 4 is 5.97 Å². The van der Waals surface area contributed by atoms with E-state index in [-0.39, 0.29) is 23.4 Å². The quantitative estimate of drug-likeness (QED) is 0.286. The molecule has 1 N–H and O–H groups in total. The fourth-order valence-electron chi connectivity index (χ4n) is 5.19. The summed E-state index contributed by atoms with van der Waals surface area (Å²) in [6.07, 6.45) is 12.4. The van der Waals surface area contributed by atoms with Crippen LogP contribution in [0.5, 0.6) is 0 Å². The molecule has 0 saturated carbocycles. The van der Waals surface area contributed by atoms with E-state index in [0.717, 1.165) is 30.4 Å². The minimum Gasteiger partial charge on any atom is -0.432 e. The highest BCUT2D eigenvalue weighted by atomic mass is 16.7. The highest BCUT2D eigenvalue weighted by molar-refractivity contribution is 5.83. The van der Waals surface area contributed by atoms with Gasteiger partial charge in [-0.25, -0.2) is 4.79 Å². The Balaban J connectivity index is 1.95. The van der Waals surface area contributed by atoms with E-state index in [4.69, 9.17) is 14.2 Å². The zero-order valence-electron chi connectivity index (χ0n) is 19.2. The molecular formula is C25H36O5. The Hall–Kier alpha value is -1.69. The van der Waals surface area contributed by atoms with Crippen molar-refractivity contribution in [1.82, 2.24) is 0 Å². The Morgan fingerprint density at radius 3 is 2.67 bits per heavy atom. The van der Waals surface area contributed by atoms with E-state index in [1.54, 1.807) is 6.92 Å². The Morgan fingerprint density at radius 1 is 1.27 bits per heavy atom. The molecule has 5 atom stereocenters. The highest BCUT2D eigenvalue weighted by Crippen LogP contribution is 2.60. The van der Waals surface area contributed by atoms with Gasteiger partial charge >= 0.3 is 5.97 Å². The zero-order valence-corrected chi connectivity index (χ0v) is 19.2. The van der Waals surface area contributed by atoms with E-state index in [2.05, 4.69) is 32.9 Å². The molecule has 0 aromatic rings. The van der Waals surface area contributed by atoms with Crippen molar-refractivity contribution in [2.45, 2.75) is 84.7 Å². The lowest BCUT2D eigenvalue weighted by molar-refractivity contribution is -0.221. The number of rotatable bonds is 6. The lowest BCUT2D eigenvalue weighted by Crippen LogP contribution is -2.53. The van der Waals surface area contributed by atoms with Crippen molar-refractivity contribution in [1.29, 1.82) is 0 Å². The van der Waals surface area contributed by atoms with Gasteiger partial charge in [0.1, 0.15) is 5.60 Å². The molecule has 3 rings (SSSR count). The van der Waals surface area contributed by atoms with Gasteiger partial charge in [0.25, 0.3) is 0 Å². The molecule has 5 heteroatoms. The molecule has 0 aromatic heterocycles. The summed E-state index contributed by atoms with van der Waals surface area (Å²) in [4.78, 5) is 12.0. The van der Waals surface area contributed by atoms with E-state index in [9.17, 15) is 9.90 Å². The molecule has 2 fully saturated rings. The first-order chi connectivity index (χ1) is 14.0. The lowest BCUT2D eigenvalue weighted by atomic mass is 9.58. The van der Waals surface area contributed by atoms with E-state index >= 15 is 0 Å². The van der Waals surface area contributed by atoms with Gasteiger partial charge in [0, 0.05) is 18.4 Å². The van der Waals surface area contributed by atoms with E-state index < -0.39 is 11.4 Å². The monoisotopic (exact) mass is 416 g/mol. The van der Waals surface area contributed by atoms with Gasteiger partial charge in [-0.15, -0.1) is 0 Å². The molecule has 0 bridgehead atoms. The van der Waals surface area contributed by atoms with Crippen LogP contribution >= 0.6 is 0 Å². The predicted octanol–water partition coefficient (Wildman–Crippen LogP) is 4.97. The second-order valence-electron chi connectivity index (χ2n) is 9.95. The summed E-state index contributed by atoms with van der Waals surface area (Å²) in [7, 11) is 0. The molecule has 2 saturated heterocycles. The summed E-state index contributed by atoms with van der Waals surface area (Å²) >= 11 is 0. The minimum absolute atomic E-state index is 0.0865. The molecule has 30 heavy (non-hydrogen) atoms. The topological polar surface area (TPSA) is 65.0 Å². The average Bonchev–Trinajstić information content (AvgIpc) is 3.06. The summed E-state index contributed by atoms with van der Waals surface area (Å²) in [5.74, 6) is -1.72. The van der Waals surface area contributed by atoms with Gasteiger partial charge in [0.15, 0.2) is 5.79 Å². The van der Waals surface area contributed by atoms with Crippen LogP contribution in [-0.2, 0) is 19.0 Å². The number of aliphatic hydroxyl groups is 1. The summed E-state index contributed by atoms with van der Waals surface area (Å²) in [5, 5.41) is 10.7. The van der Waals surface area contributed by atoms with E-state index in [0.29, 0.717) is 13.0 Å². The molecule has 1 aliphatic carbocycles. The molecule has 2 heterocycles. The van der Waals surface area contributed by atoms with Gasteiger partial charge in [-0.3, -0.25) is 0 Å². The predicted molar refractivity (Wildman–Crippen MR) is 116 cm³/mol. The lowest BCUT2D eigenvalue weighted by Gasteiger charge is -2.49. The number of allylic oxidation sites excluding steroid dienone is 4. The van der Waals surface area contributed by atoms with Gasteiger partial charge in [0.05, 0.1) is 19.0 Å². The molecule has 1 spiro atoms. The average molecular weight is 417 g/mol. The van der Waals surface area contributed by atoms with Gasteiger partial charge in [-0.1, -0.05) is 30.2 Å². The molecule has 5 nitrogen and oxygen atoms in total. The number of carbonyl (C=O) groups is 1. The SMILES string of the molecule is CC(C)=CCC[C@@]1(C)CC=C2CO[C@H]3C[C@@](C)(O)O[C@@]23[C@@H]1/C=C/OC(=O)C=C(C)C. The normalized spacial score (nSPS) is 37.4. The smallest absolute Gasteiger partial charge is 0.335 e. The molecule has 3 aliphatic rings. The highest BCUT2D eigenvalue weighted by Gasteiger charge is 2.66. The number of ether oxygens (including phenoxy) is 3. The van der Waals surface area contributed by atoms with Crippen LogP contribution < -0.4 is 0 Å². The fourth-order valence-corrected chi connectivity index (χ4v) is 5.19. The molecule has 0 aromatic carbocycles. The van der Waals surface area contributed by atoms with Crippen LogP contribution in [0.1, 0.15) is 67.2 Å². The summed E-state index contributed by atoms with van der Waals surface area (Å²) in [5.41, 5.74) is 2.44. The third-order valence-electron chi connectivity index (χ3n) is 6.53. The maximum Gasteiger partial charge on any atom is 0.335 e. The Bertz CT molecular complexity index is 794. The first kappa shape index (κ1) is 23.0. The standard InChI is InChI=1S/C25H36O5/c1-17(2)8-7-11-23(5)12-9-19-16-29-21-15-24(6,27)30-25(19,21)20(23)10-13-28-22(26)14-18(3)4/h8-10,13-14,20-21,27H,7,11-12,15-16H2,1-6H3/b13-10+/t20-,21+,23+,24+,25-/m1/s1. The summed E-state index contributed by atoms with van der Waals surface area (Å²) in [6, 6.07) is 0. The maximum atomic E-state index is 12.0. The van der Waals surface area contributed by atoms with Crippen molar-refractivity contribution in [3.63, 3.8) is 0 Å². The van der Waals surface area contributed by atoms with Crippen molar-refractivity contribution in [3.05, 3.63) is 47.3 Å². The fraction of sp³-hybridized carbons (Fsp3) is 0.640. The van der Waals surface area contributed by atoms with E-state index in [1.165, 1.54) is 17.9 Å². The minimum atomic E-state index is -1.24. The van der Waals surface area contributed by atoms with Gasteiger partial charge in [0.2, 0.25) is 0 Å². The van der Waals surface area contributed by atoms with Crippen LogP contribution in [0.2, 0.25) is 0 Å². The Labute approximate surface area is 180 Å². The van der Waals surface area contributed by atoms with Crippen molar-refractivity contribution in [3.8, 4) is 0 Å². The summed E-state index contributed by atoms with van der Waals surface area (Å²) in [6.45, 7) is 12.4. The molecule has 0 amide bonds. The summed E-state index contributed by atoms with van der Waals surface area (Å²) < 4.78 is 17.8. The third kappa shape index (κ3) is 4.48. The Kier molecular flexibility index (Phi) is 6.47. The van der Waals surface area contributed by atoms with Crippen molar-refractivity contribution in [2.75, 3.05) is 6.61 Å². The van der Waals surface area contributed by atoms with Gasteiger partial charge in [-0.05, 0) is 70.9 Å². The molecule has 166 valence electrons.